The van der Waals surface area contributed by atoms with Crippen molar-refractivity contribution in [2.24, 2.45) is 0 Å². The van der Waals surface area contributed by atoms with Gasteiger partial charge in [0.1, 0.15) is 22.8 Å². The van der Waals surface area contributed by atoms with Crippen LogP contribution in [-0.4, -0.2) is 16.0 Å². The standard InChI is InChI=1S/C15H14O5/c1-9-7-13(18)14(15(19)20-9)12(17)6-5-10-3-2-4-11(16)8-10/h2-4,7-8,16,18H,5-6H2,1H3. The summed E-state index contributed by atoms with van der Waals surface area (Å²) in [5, 5.41) is 19.0. The average molecular weight is 274 g/mol. The largest absolute Gasteiger partial charge is 0.508 e. The van der Waals surface area contributed by atoms with Gasteiger partial charge in [0.05, 0.1) is 0 Å². The van der Waals surface area contributed by atoms with Gasteiger partial charge in [-0.15, -0.1) is 0 Å². The molecular weight excluding hydrogens is 260 g/mol. The zero-order chi connectivity index (χ0) is 14.7. The van der Waals surface area contributed by atoms with Crippen LogP contribution in [0.5, 0.6) is 11.5 Å². The van der Waals surface area contributed by atoms with Gasteiger partial charge in [0.15, 0.2) is 5.78 Å². The van der Waals surface area contributed by atoms with Crippen molar-refractivity contribution in [2.45, 2.75) is 19.8 Å². The number of aromatic hydroxyl groups is 2. The predicted molar refractivity (Wildman–Crippen MR) is 72.1 cm³/mol. The summed E-state index contributed by atoms with van der Waals surface area (Å²) in [7, 11) is 0. The van der Waals surface area contributed by atoms with Gasteiger partial charge in [0.2, 0.25) is 0 Å². The smallest absolute Gasteiger partial charge is 0.350 e. The van der Waals surface area contributed by atoms with Crippen LogP contribution in [0.4, 0.5) is 0 Å². The third-order valence-corrected chi connectivity index (χ3v) is 2.88. The Bertz CT molecular complexity index is 700. The fourth-order valence-corrected chi connectivity index (χ4v) is 1.95. The van der Waals surface area contributed by atoms with Crippen molar-refractivity contribution in [2.75, 3.05) is 0 Å². The molecule has 0 radical (unpaired) electrons. The number of carbonyl (C=O) groups excluding carboxylic acids is 1. The quantitative estimate of drug-likeness (QED) is 0.834. The second-order valence-electron chi connectivity index (χ2n) is 4.50. The molecule has 0 fully saturated rings. The van der Waals surface area contributed by atoms with Crippen LogP contribution in [0.1, 0.15) is 28.1 Å². The summed E-state index contributed by atoms with van der Waals surface area (Å²) in [5.41, 5.74) is -0.381. The van der Waals surface area contributed by atoms with Crippen molar-refractivity contribution < 1.29 is 19.4 Å². The summed E-state index contributed by atoms with van der Waals surface area (Å²) in [6.07, 6.45) is 0.408. The Morgan fingerprint density at radius 1 is 1.25 bits per heavy atom. The number of phenols is 1. The molecule has 2 aromatic rings. The Morgan fingerprint density at radius 2 is 2.00 bits per heavy atom. The number of phenolic OH excluding ortho intramolecular Hbond substituents is 1. The maximum absolute atomic E-state index is 12.0. The molecule has 2 N–H and O–H groups in total. The molecule has 0 unspecified atom stereocenters. The van der Waals surface area contributed by atoms with E-state index in [9.17, 15) is 19.8 Å². The van der Waals surface area contributed by atoms with Gasteiger partial charge in [-0.3, -0.25) is 4.79 Å². The van der Waals surface area contributed by atoms with Crippen molar-refractivity contribution in [1.29, 1.82) is 0 Å². The molecule has 0 bridgehead atoms. The van der Waals surface area contributed by atoms with E-state index in [1.807, 2.05) is 0 Å². The lowest BCUT2D eigenvalue weighted by atomic mass is 10.0. The van der Waals surface area contributed by atoms with E-state index in [4.69, 9.17) is 4.42 Å². The van der Waals surface area contributed by atoms with Gasteiger partial charge in [-0.1, -0.05) is 12.1 Å². The van der Waals surface area contributed by atoms with E-state index in [0.717, 1.165) is 5.56 Å². The average Bonchev–Trinajstić information content (AvgIpc) is 2.35. The van der Waals surface area contributed by atoms with Gasteiger partial charge in [-0.05, 0) is 31.0 Å². The summed E-state index contributed by atoms with van der Waals surface area (Å²) in [6.45, 7) is 1.52. The van der Waals surface area contributed by atoms with Crippen LogP contribution < -0.4 is 5.63 Å². The van der Waals surface area contributed by atoms with Gasteiger partial charge < -0.3 is 14.6 Å². The fraction of sp³-hybridized carbons (Fsp3) is 0.200. The molecule has 1 aromatic carbocycles. The molecule has 0 amide bonds. The number of hydrogen-bond acceptors (Lipinski definition) is 5. The fourth-order valence-electron chi connectivity index (χ4n) is 1.95. The second kappa shape index (κ2) is 5.61. The molecule has 104 valence electrons. The SMILES string of the molecule is Cc1cc(O)c(C(=O)CCc2cccc(O)c2)c(=O)o1. The number of ketones is 1. The molecule has 0 aliphatic heterocycles. The van der Waals surface area contributed by atoms with E-state index in [-0.39, 0.29) is 29.2 Å². The summed E-state index contributed by atoms with van der Waals surface area (Å²) in [6, 6.07) is 7.76. The van der Waals surface area contributed by atoms with E-state index in [1.165, 1.54) is 19.1 Å². The molecule has 5 heteroatoms. The molecule has 5 nitrogen and oxygen atoms in total. The zero-order valence-electron chi connectivity index (χ0n) is 10.9. The maximum atomic E-state index is 12.0. The first-order valence-corrected chi connectivity index (χ1v) is 6.12. The number of benzene rings is 1. The normalized spacial score (nSPS) is 10.4. The number of Topliss-reactive ketones (excluding diaryl/α,β-unsaturated/α-hetero) is 1. The first-order valence-electron chi connectivity index (χ1n) is 6.12. The molecule has 0 atom stereocenters. The van der Waals surface area contributed by atoms with Crippen molar-refractivity contribution >= 4 is 5.78 Å². The van der Waals surface area contributed by atoms with Gasteiger partial charge in [0, 0.05) is 12.5 Å². The lowest BCUT2D eigenvalue weighted by Gasteiger charge is -2.04. The van der Waals surface area contributed by atoms with Crippen LogP contribution in [0.3, 0.4) is 0 Å². The highest BCUT2D eigenvalue weighted by atomic mass is 16.4. The maximum Gasteiger partial charge on any atom is 0.350 e. The van der Waals surface area contributed by atoms with Crippen LogP contribution in [0, 0.1) is 6.92 Å². The molecule has 0 aliphatic rings. The Morgan fingerprint density at radius 3 is 2.65 bits per heavy atom. The molecule has 2 rings (SSSR count). The van der Waals surface area contributed by atoms with Gasteiger partial charge in [-0.2, -0.15) is 0 Å². The molecule has 0 aliphatic carbocycles. The Kier molecular flexibility index (Phi) is 3.89. The van der Waals surface area contributed by atoms with E-state index in [0.29, 0.717) is 6.42 Å². The van der Waals surface area contributed by atoms with Gasteiger partial charge in [0.25, 0.3) is 0 Å². The minimum absolute atomic E-state index is 0.0465. The molecule has 1 heterocycles. The topological polar surface area (TPSA) is 87.7 Å². The van der Waals surface area contributed by atoms with Crippen molar-refractivity contribution in [1.82, 2.24) is 0 Å². The molecule has 0 saturated heterocycles. The minimum atomic E-state index is -0.830. The summed E-state index contributed by atoms with van der Waals surface area (Å²) < 4.78 is 4.80. The molecule has 20 heavy (non-hydrogen) atoms. The lowest BCUT2D eigenvalue weighted by molar-refractivity contribution is 0.0975. The van der Waals surface area contributed by atoms with Crippen molar-refractivity contribution in [3.63, 3.8) is 0 Å². The number of aryl methyl sites for hydroxylation is 2. The van der Waals surface area contributed by atoms with Gasteiger partial charge >= 0.3 is 5.63 Å². The molecule has 0 spiro atoms. The van der Waals surface area contributed by atoms with Crippen LogP contribution in [0.25, 0.3) is 0 Å². The van der Waals surface area contributed by atoms with E-state index >= 15 is 0 Å². The number of carbonyl (C=O) groups is 1. The van der Waals surface area contributed by atoms with Crippen LogP contribution >= 0.6 is 0 Å². The van der Waals surface area contributed by atoms with Crippen LogP contribution in [0.15, 0.2) is 39.5 Å². The highest BCUT2D eigenvalue weighted by molar-refractivity contribution is 5.98. The lowest BCUT2D eigenvalue weighted by Crippen LogP contribution is -2.15. The monoisotopic (exact) mass is 274 g/mol. The first-order chi connectivity index (χ1) is 9.47. The Hall–Kier alpha value is -2.56. The minimum Gasteiger partial charge on any atom is -0.508 e. The zero-order valence-corrected chi connectivity index (χ0v) is 10.9. The van der Waals surface area contributed by atoms with Crippen LogP contribution in [0.2, 0.25) is 0 Å². The third-order valence-electron chi connectivity index (χ3n) is 2.88. The first kappa shape index (κ1) is 13.9. The molecular formula is C15H14O5. The molecule has 0 saturated carbocycles. The molecule has 1 aromatic heterocycles. The highest BCUT2D eigenvalue weighted by Crippen LogP contribution is 2.18. The van der Waals surface area contributed by atoms with Gasteiger partial charge in [-0.25, -0.2) is 4.79 Å². The Labute approximate surface area is 115 Å². The number of hydrogen-bond donors (Lipinski definition) is 2. The van der Waals surface area contributed by atoms with E-state index in [1.54, 1.807) is 18.2 Å². The van der Waals surface area contributed by atoms with Crippen molar-refractivity contribution in [3.8, 4) is 11.5 Å². The summed E-state index contributed by atoms with van der Waals surface area (Å²) in [5.74, 6) is -0.482. The Balaban J connectivity index is 2.15. The summed E-state index contributed by atoms with van der Waals surface area (Å²) in [4.78, 5) is 23.6. The van der Waals surface area contributed by atoms with Crippen LogP contribution in [-0.2, 0) is 6.42 Å². The predicted octanol–water partition coefficient (Wildman–Crippen LogP) is 2.17. The second-order valence-corrected chi connectivity index (χ2v) is 4.50. The number of rotatable bonds is 4. The highest BCUT2D eigenvalue weighted by Gasteiger charge is 2.17. The summed E-state index contributed by atoms with van der Waals surface area (Å²) >= 11 is 0. The van der Waals surface area contributed by atoms with E-state index < -0.39 is 11.4 Å². The van der Waals surface area contributed by atoms with Crippen molar-refractivity contribution in [3.05, 3.63) is 57.6 Å². The third kappa shape index (κ3) is 3.06. The van der Waals surface area contributed by atoms with E-state index in [2.05, 4.69) is 0 Å².